The zero-order chi connectivity index (χ0) is 16.2. The molecule has 0 N–H and O–H groups in total. The molecular weight excluding hydrogens is 334 g/mol. The van der Waals surface area contributed by atoms with Gasteiger partial charge >= 0.3 is 0 Å². The molecule has 0 atom stereocenters. The lowest BCUT2D eigenvalue weighted by molar-refractivity contribution is 0.392. The third-order valence-corrected chi connectivity index (χ3v) is 4.25. The first-order valence-electron chi connectivity index (χ1n) is 6.95. The molecule has 3 rings (SSSR count). The minimum atomic E-state index is 0.517. The van der Waals surface area contributed by atoms with Gasteiger partial charge in [0.15, 0.2) is 16.1 Å². The van der Waals surface area contributed by atoms with Gasteiger partial charge in [-0.3, -0.25) is 0 Å². The second-order valence-corrected chi connectivity index (χ2v) is 5.91. The molecule has 0 aliphatic rings. The number of aromatic nitrogens is 5. The fraction of sp³-hybridized carbons (Fsp3) is 0.200. The van der Waals surface area contributed by atoms with Gasteiger partial charge in [-0.05, 0) is 43.0 Å². The van der Waals surface area contributed by atoms with Gasteiger partial charge in [-0.1, -0.05) is 11.6 Å². The maximum absolute atomic E-state index is 5.94. The zero-order valence-electron chi connectivity index (χ0n) is 12.6. The SMILES string of the molecule is CCn1c(Sc2nccc(OC)n2)nnc1-c1ccc(Cl)cc1. The molecule has 8 heteroatoms. The summed E-state index contributed by atoms with van der Waals surface area (Å²) in [6.07, 6.45) is 1.65. The van der Waals surface area contributed by atoms with Gasteiger partial charge in [0, 0.05) is 29.4 Å². The molecular formula is C15H14ClN5OS. The molecule has 0 radical (unpaired) electrons. The van der Waals surface area contributed by atoms with E-state index in [-0.39, 0.29) is 0 Å². The second kappa shape index (κ2) is 6.97. The minimum Gasteiger partial charge on any atom is -0.481 e. The Balaban J connectivity index is 1.93. The number of halogens is 1. The first-order valence-corrected chi connectivity index (χ1v) is 8.14. The van der Waals surface area contributed by atoms with Crippen LogP contribution in [0, 0.1) is 0 Å². The Hall–Kier alpha value is -2.12. The van der Waals surface area contributed by atoms with E-state index in [4.69, 9.17) is 16.3 Å². The first-order chi connectivity index (χ1) is 11.2. The molecule has 0 bridgehead atoms. The number of hydrogen-bond donors (Lipinski definition) is 0. The zero-order valence-corrected chi connectivity index (χ0v) is 14.2. The smallest absolute Gasteiger partial charge is 0.217 e. The maximum atomic E-state index is 5.94. The van der Waals surface area contributed by atoms with Gasteiger partial charge in [0.05, 0.1) is 7.11 Å². The molecule has 6 nitrogen and oxygen atoms in total. The highest BCUT2D eigenvalue weighted by molar-refractivity contribution is 7.99. The van der Waals surface area contributed by atoms with Crippen molar-refractivity contribution in [2.24, 2.45) is 0 Å². The molecule has 0 amide bonds. The van der Waals surface area contributed by atoms with E-state index in [2.05, 4.69) is 20.2 Å². The Morgan fingerprint density at radius 3 is 2.65 bits per heavy atom. The molecule has 0 spiro atoms. The number of nitrogens with zero attached hydrogens (tertiary/aromatic N) is 5. The summed E-state index contributed by atoms with van der Waals surface area (Å²) in [5.41, 5.74) is 0.960. The summed E-state index contributed by atoms with van der Waals surface area (Å²) in [5.74, 6) is 1.30. The van der Waals surface area contributed by atoms with Gasteiger partial charge in [-0.2, -0.15) is 4.98 Å². The summed E-state index contributed by atoms with van der Waals surface area (Å²) in [6, 6.07) is 9.23. The molecule has 3 aromatic rings. The lowest BCUT2D eigenvalue weighted by Gasteiger charge is -2.07. The van der Waals surface area contributed by atoms with Gasteiger partial charge < -0.3 is 9.30 Å². The Morgan fingerprint density at radius 2 is 1.96 bits per heavy atom. The molecule has 2 heterocycles. The van der Waals surface area contributed by atoms with Crippen molar-refractivity contribution in [2.45, 2.75) is 23.8 Å². The third kappa shape index (κ3) is 3.46. The van der Waals surface area contributed by atoms with Crippen molar-refractivity contribution < 1.29 is 4.74 Å². The van der Waals surface area contributed by atoms with Crippen LogP contribution in [0.4, 0.5) is 0 Å². The number of hydrogen-bond acceptors (Lipinski definition) is 6. The van der Waals surface area contributed by atoms with Crippen LogP contribution in [0.2, 0.25) is 5.02 Å². The summed E-state index contributed by atoms with van der Waals surface area (Å²) in [6.45, 7) is 2.77. The highest BCUT2D eigenvalue weighted by Crippen LogP contribution is 2.28. The molecule has 1 aromatic carbocycles. The molecule has 2 aromatic heterocycles. The van der Waals surface area contributed by atoms with Crippen LogP contribution in [-0.2, 0) is 6.54 Å². The average Bonchev–Trinajstić information content (AvgIpc) is 2.98. The molecule has 0 aliphatic heterocycles. The number of methoxy groups -OCH3 is 1. The molecule has 118 valence electrons. The monoisotopic (exact) mass is 347 g/mol. The van der Waals surface area contributed by atoms with Crippen LogP contribution in [0.1, 0.15) is 6.92 Å². The van der Waals surface area contributed by atoms with Gasteiger partial charge in [-0.15, -0.1) is 10.2 Å². The lowest BCUT2D eigenvalue weighted by atomic mass is 10.2. The molecule has 0 unspecified atom stereocenters. The number of benzene rings is 1. The van der Waals surface area contributed by atoms with Crippen molar-refractivity contribution in [1.82, 2.24) is 24.7 Å². The van der Waals surface area contributed by atoms with Crippen molar-refractivity contribution in [3.63, 3.8) is 0 Å². The quantitative estimate of drug-likeness (QED) is 0.657. The van der Waals surface area contributed by atoms with E-state index in [1.54, 1.807) is 19.4 Å². The van der Waals surface area contributed by atoms with Crippen LogP contribution in [0.3, 0.4) is 0 Å². The van der Waals surface area contributed by atoms with E-state index in [0.717, 1.165) is 23.1 Å². The van der Waals surface area contributed by atoms with E-state index in [1.807, 2.05) is 35.8 Å². The Kier molecular flexibility index (Phi) is 4.78. The van der Waals surface area contributed by atoms with E-state index < -0.39 is 0 Å². The molecule has 0 aliphatic carbocycles. The predicted molar refractivity (Wildman–Crippen MR) is 88.8 cm³/mol. The molecule has 23 heavy (non-hydrogen) atoms. The molecule has 0 saturated carbocycles. The minimum absolute atomic E-state index is 0.517. The average molecular weight is 348 g/mol. The van der Waals surface area contributed by atoms with E-state index in [1.165, 1.54) is 11.8 Å². The summed E-state index contributed by atoms with van der Waals surface area (Å²) in [5, 5.41) is 10.5. The van der Waals surface area contributed by atoms with Gasteiger partial charge in [-0.25, -0.2) is 4.98 Å². The number of rotatable bonds is 5. The fourth-order valence-electron chi connectivity index (χ4n) is 2.03. The Morgan fingerprint density at radius 1 is 1.17 bits per heavy atom. The maximum Gasteiger partial charge on any atom is 0.217 e. The summed E-state index contributed by atoms with van der Waals surface area (Å²) in [7, 11) is 1.57. The molecule has 0 saturated heterocycles. The van der Waals surface area contributed by atoms with Crippen LogP contribution < -0.4 is 4.74 Å². The standard InChI is InChI=1S/C15H14ClN5OS/c1-3-21-13(10-4-6-11(16)7-5-10)19-20-15(21)23-14-17-9-8-12(18-14)22-2/h4-9H,3H2,1-2H3. The Bertz CT molecular complexity index is 806. The van der Waals surface area contributed by atoms with E-state index in [0.29, 0.717) is 16.1 Å². The van der Waals surface area contributed by atoms with Crippen LogP contribution >= 0.6 is 23.4 Å². The van der Waals surface area contributed by atoms with Crippen LogP contribution in [0.15, 0.2) is 46.8 Å². The van der Waals surface area contributed by atoms with Crippen molar-refractivity contribution in [1.29, 1.82) is 0 Å². The van der Waals surface area contributed by atoms with Crippen molar-refractivity contribution >= 4 is 23.4 Å². The highest BCUT2D eigenvalue weighted by Gasteiger charge is 2.15. The topological polar surface area (TPSA) is 65.7 Å². The van der Waals surface area contributed by atoms with Gasteiger partial charge in [0.2, 0.25) is 5.88 Å². The largest absolute Gasteiger partial charge is 0.481 e. The molecule has 0 fully saturated rings. The van der Waals surface area contributed by atoms with Crippen molar-refractivity contribution in [3.05, 3.63) is 41.6 Å². The van der Waals surface area contributed by atoms with Gasteiger partial charge in [0.1, 0.15) is 0 Å². The Labute approximate surface area is 142 Å². The fourth-order valence-corrected chi connectivity index (χ4v) is 2.98. The summed E-state index contributed by atoms with van der Waals surface area (Å²) >= 11 is 7.29. The normalized spacial score (nSPS) is 10.7. The predicted octanol–water partition coefficient (Wildman–Crippen LogP) is 3.57. The number of ether oxygens (including phenoxy) is 1. The van der Waals surface area contributed by atoms with Gasteiger partial charge in [0.25, 0.3) is 0 Å². The van der Waals surface area contributed by atoms with Crippen molar-refractivity contribution in [2.75, 3.05) is 7.11 Å². The van der Waals surface area contributed by atoms with Crippen LogP contribution in [0.5, 0.6) is 5.88 Å². The third-order valence-electron chi connectivity index (χ3n) is 3.14. The van der Waals surface area contributed by atoms with E-state index >= 15 is 0 Å². The summed E-state index contributed by atoms with van der Waals surface area (Å²) < 4.78 is 7.13. The summed E-state index contributed by atoms with van der Waals surface area (Å²) in [4.78, 5) is 8.51. The first kappa shape index (κ1) is 15.8. The second-order valence-electron chi connectivity index (χ2n) is 4.54. The van der Waals surface area contributed by atoms with Crippen LogP contribution in [0.25, 0.3) is 11.4 Å². The van der Waals surface area contributed by atoms with Crippen molar-refractivity contribution in [3.8, 4) is 17.3 Å². The highest BCUT2D eigenvalue weighted by atomic mass is 35.5. The van der Waals surface area contributed by atoms with E-state index in [9.17, 15) is 0 Å². The lowest BCUT2D eigenvalue weighted by Crippen LogP contribution is -2.00. The van der Waals surface area contributed by atoms with Crippen LogP contribution in [-0.4, -0.2) is 31.8 Å².